The topological polar surface area (TPSA) is 44.4 Å². The van der Waals surface area contributed by atoms with E-state index < -0.39 is 0 Å². The van der Waals surface area contributed by atoms with E-state index >= 15 is 0 Å². The molecule has 2 rings (SSSR count). The number of carbonyl (C=O) groups excluding carboxylic acids is 1. The van der Waals surface area contributed by atoms with Crippen molar-refractivity contribution in [3.05, 3.63) is 0 Å². The van der Waals surface area contributed by atoms with Crippen molar-refractivity contribution in [3.8, 4) is 0 Å². The molecular weight excluding hydrogens is 166 g/mol. The number of nitrogens with one attached hydrogen (secondary N) is 2. The third kappa shape index (κ3) is 1.11. The molecule has 2 aliphatic heterocycles. The lowest BCUT2D eigenvalue weighted by molar-refractivity contribution is -0.129. The maximum Gasteiger partial charge on any atom is 0.241 e. The number of nitrogens with zero attached hydrogens (tertiary/aromatic N) is 1. The number of hydrogen-bond donors (Lipinski definition) is 2. The van der Waals surface area contributed by atoms with E-state index in [1.54, 1.807) is 0 Å². The molecule has 0 spiro atoms. The van der Waals surface area contributed by atoms with Crippen LogP contribution >= 0.6 is 11.6 Å². The standard InChI is InChI=1S/C6H10ClN3O/c7-4-1-2-10-5(4)6(11)8-3-9-10/h4-5,9H,1-3H2,(H,8,11). The first-order valence-corrected chi connectivity index (χ1v) is 4.14. The van der Waals surface area contributed by atoms with Crippen LogP contribution in [0, 0.1) is 0 Å². The number of rotatable bonds is 0. The van der Waals surface area contributed by atoms with E-state index in [0.717, 1.165) is 13.0 Å². The number of hydrazine groups is 1. The molecule has 0 aromatic carbocycles. The van der Waals surface area contributed by atoms with Gasteiger partial charge in [0.25, 0.3) is 0 Å². The van der Waals surface area contributed by atoms with Crippen LogP contribution in [-0.4, -0.2) is 35.5 Å². The highest BCUT2D eigenvalue weighted by atomic mass is 35.5. The first-order chi connectivity index (χ1) is 5.29. The molecule has 62 valence electrons. The molecule has 2 fully saturated rings. The third-order valence-electron chi connectivity index (χ3n) is 2.14. The highest BCUT2D eigenvalue weighted by Gasteiger charge is 2.40. The van der Waals surface area contributed by atoms with Crippen LogP contribution in [0.3, 0.4) is 0 Å². The van der Waals surface area contributed by atoms with Gasteiger partial charge in [0.15, 0.2) is 0 Å². The predicted octanol–water partition coefficient (Wildman–Crippen LogP) is -0.740. The van der Waals surface area contributed by atoms with E-state index in [1.807, 2.05) is 5.01 Å². The molecule has 0 radical (unpaired) electrons. The summed E-state index contributed by atoms with van der Waals surface area (Å²) in [5.74, 6) is 0.0428. The SMILES string of the molecule is O=C1NCNN2CCC(Cl)C12. The molecule has 2 unspecified atom stereocenters. The number of carbonyl (C=O) groups is 1. The number of hydrogen-bond acceptors (Lipinski definition) is 3. The van der Waals surface area contributed by atoms with Crippen LogP contribution in [0.1, 0.15) is 6.42 Å². The van der Waals surface area contributed by atoms with Crippen molar-refractivity contribution in [2.75, 3.05) is 13.2 Å². The molecule has 11 heavy (non-hydrogen) atoms. The van der Waals surface area contributed by atoms with Gasteiger partial charge in [-0.15, -0.1) is 11.6 Å². The predicted molar refractivity (Wildman–Crippen MR) is 40.9 cm³/mol. The second-order valence-corrected chi connectivity index (χ2v) is 3.38. The molecule has 2 saturated heterocycles. The van der Waals surface area contributed by atoms with Crippen LogP contribution in [0.4, 0.5) is 0 Å². The number of alkyl halides is 1. The van der Waals surface area contributed by atoms with Crippen molar-refractivity contribution in [2.45, 2.75) is 17.8 Å². The zero-order valence-corrected chi connectivity index (χ0v) is 6.77. The Labute approximate surface area is 69.8 Å². The van der Waals surface area contributed by atoms with E-state index in [2.05, 4.69) is 10.7 Å². The number of fused-ring (bicyclic) bond motifs is 1. The van der Waals surface area contributed by atoms with Crippen molar-refractivity contribution in [1.29, 1.82) is 0 Å². The summed E-state index contributed by atoms with van der Waals surface area (Å²) in [4.78, 5) is 11.2. The van der Waals surface area contributed by atoms with Gasteiger partial charge in [-0.3, -0.25) is 4.79 Å². The Bertz CT molecular complexity index is 185. The van der Waals surface area contributed by atoms with E-state index in [-0.39, 0.29) is 17.3 Å². The number of amides is 1. The molecule has 2 atom stereocenters. The molecule has 2 heterocycles. The highest BCUT2D eigenvalue weighted by Crippen LogP contribution is 2.22. The van der Waals surface area contributed by atoms with E-state index in [4.69, 9.17) is 11.6 Å². The van der Waals surface area contributed by atoms with Crippen LogP contribution in [0.15, 0.2) is 0 Å². The zero-order valence-electron chi connectivity index (χ0n) is 6.01. The van der Waals surface area contributed by atoms with E-state index in [9.17, 15) is 4.79 Å². The maximum absolute atomic E-state index is 11.2. The fourth-order valence-electron chi connectivity index (χ4n) is 1.57. The van der Waals surface area contributed by atoms with Gasteiger partial charge in [-0.25, -0.2) is 10.4 Å². The monoisotopic (exact) mass is 175 g/mol. The van der Waals surface area contributed by atoms with Crippen molar-refractivity contribution in [2.24, 2.45) is 0 Å². The Morgan fingerprint density at radius 2 is 2.45 bits per heavy atom. The second-order valence-electron chi connectivity index (χ2n) is 2.82. The van der Waals surface area contributed by atoms with Gasteiger partial charge in [0.2, 0.25) is 5.91 Å². The molecule has 0 aliphatic carbocycles. The van der Waals surface area contributed by atoms with Crippen molar-refractivity contribution in [1.82, 2.24) is 15.8 Å². The second kappa shape index (κ2) is 2.62. The Hall–Kier alpha value is -0.320. The summed E-state index contributed by atoms with van der Waals surface area (Å²) in [6.07, 6.45) is 0.882. The summed E-state index contributed by atoms with van der Waals surface area (Å²) in [6.45, 7) is 1.39. The summed E-state index contributed by atoms with van der Waals surface area (Å²) in [7, 11) is 0. The van der Waals surface area contributed by atoms with E-state index in [0.29, 0.717) is 6.67 Å². The van der Waals surface area contributed by atoms with Crippen LogP contribution in [0.2, 0.25) is 0 Å². The molecule has 2 aliphatic rings. The molecule has 1 amide bonds. The molecule has 5 heteroatoms. The van der Waals surface area contributed by atoms with Gasteiger partial charge in [0.1, 0.15) is 6.04 Å². The summed E-state index contributed by atoms with van der Waals surface area (Å²) < 4.78 is 0. The Morgan fingerprint density at radius 1 is 1.64 bits per heavy atom. The Balaban J connectivity index is 2.14. The number of halogens is 1. The maximum atomic E-state index is 11.2. The molecule has 4 nitrogen and oxygen atoms in total. The Morgan fingerprint density at radius 3 is 3.18 bits per heavy atom. The normalized spacial score (nSPS) is 38.5. The lowest BCUT2D eigenvalue weighted by atomic mass is 10.2. The molecular formula is C6H10ClN3O. The molecule has 0 aromatic rings. The summed E-state index contributed by atoms with van der Waals surface area (Å²) in [5, 5.41) is 4.58. The minimum Gasteiger partial charge on any atom is -0.341 e. The molecule has 0 bridgehead atoms. The van der Waals surface area contributed by atoms with Crippen molar-refractivity contribution in [3.63, 3.8) is 0 Å². The third-order valence-corrected chi connectivity index (χ3v) is 2.59. The summed E-state index contributed by atoms with van der Waals surface area (Å²) in [6, 6.07) is -0.162. The van der Waals surface area contributed by atoms with Gasteiger partial charge in [-0.2, -0.15) is 0 Å². The average Bonchev–Trinajstić information content (AvgIpc) is 2.34. The first kappa shape index (κ1) is 7.34. The van der Waals surface area contributed by atoms with Gasteiger partial charge < -0.3 is 5.32 Å². The van der Waals surface area contributed by atoms with Crippen molar-refractivity contribution < 1.29 is 4.79 Å². The molecule has 2 N–H and O–H groups in total. The van der Waals surface area contributed by atoms with Gasteiger partial charge in [-0.05, 0) is 6.42 Å². The molecule has 0 aromatic heterocycles. The minimum absolute atomic E-state index is 0.0391. The van der Waals surface area contributed by atoms with Gasteiger partial charge in [0, 0.05) is 6.54 Å². The summed E-state index contributed by atoms with van der Waals surface area (Å²) in [5.41, 5.74) is 3.06. The quantitative estimate of drug-likeness (QED) is 0.477. The molecule has 0 saturated carbocycles. The minimum atomic E-state index is -0.162. The lowest BCUT2D eigenvalue weighted by Gasteiger charge is -2.30. The van der Waals surface area contributed by atoms with Gasteiger partial charge in [-0.1, -0.05) is 0 Å². The fourth-order valence-corrected chi connectivity index (χ4v) is 1.92. The lowest BCUT2D eigenvalue weighted by Crippen LogP contribution is -2.60. The van der Waals surface area contributed by atoms with Crippen molar-refractivity contribution >= 4 is 17.5 Å². The first-order valence-electron chi connectivity index (χ1n) is 3.71. The smallest absolute Gasteiger partial charge is 0.241 e. The average molecular weight is 176 g/mol. The fraction of sp³-hybridized carbons (Fsp3) is 0.833. The van der Waals surface area contributed by atoms with Gasteiger partial charge >= 0.3 is 0 Å². The van der Waals surface area contributed by atoms with Crippen LogP contribution in [-0.2, 0) is 4.79 Å². The summed E-state index contributed by atoms with van der Waals surface area (Å²) >= 11 is 5.94. The van der Waals surface area contributed by atoms with Gasteiger partial charge in [0.05, 0.1) is 12.0 Å². The largest absolute Gasteiger partial charge is 0.341 e. The zero-order chi connectivity index (χ0) is 7.84. The Kier molecular flexibility index (Phi) is 1.75. The van der Waals surface area contributed by atoms with Crippen LogP contribution < -0.4 is 10.7 Å². The van der Waals surface area contributed by atoms with E-state index in [1.165, 1.54) is 0 Å². The van der Waals surface area contributed by atoms with Crippen LogP contribution in [0.5, 0.6) is 0 Å². The highest BCUT2D eigenvalue weighted by molar-refractivity contribution is 6.23. The van der Waals surface area contributed by atoms with Crippen LogP contribution in [0.25, 0.3) is 0 Å².